The normalized spacial score (nSPS) is 17.3. The summed E-state index contributed by atoms with van der Waals surface area (Å²) in [6.07, 6.45) is -4.81. The number of sulfonamides is 1. The third-order valence-electron chi connectivity index (χ3n) is 4.01. The maximum atomic E-state index is 12.7. The minimum atomic E-state index is -4.81. The van der Waals surface area contributed by atoms with E-state index in [0.717, 1.165) is 30.8 Å². The van der Waals surface area contributed by atoms with Crippen molar-refractivity contribution in [2.75, 3.05) is 26.2 Å². The average Bonchev–Trinajstić information content (AvgIpc) is 3.07. The van der Waals surface area contributed by atoms with Gasteiger partial charge in [-0.1, -0.05) is 0 Å². The van der Waals surface area contributed by atoms with Gasteiger partial charge in [-0.25, -0.2) is 8.42 Å². The van der Waals surface area contributed by atoms with E-state index < -0.39 is 22.1 Å². The van der Waals surface area contributed by atoms with Crippen LogP contribution in [0.2, 0.25) is 0 Å². The van der Waals surface area contributed by atoms with Crippen LogP contribution >= 0.6 is 11.3 Å². The highest BCUT2D eigenvalue weighted by Crippen LogP contribution is 2.25. The number of piperazine rings is 1. The second-order valence-corrected chi connectivity index (χ2v) is 8.55. The van der Waals surface area contributed by atoms with Crippen LogP contribution in [-0.2, 0) is 16.6 Å². The van der Waals surface area contributed by atoms with Gasteiger partial charge >= 0.3 is 6.36 Å². The Morgan fingerprint density at radius 1 is 1.04 bits per heavy atom. The molecule has 3 rings (SSSR count). The SMILES string of the molecule is O=S(=O)(c1ccc(OC(F)(F)F)cc1)N1CCN(Cc2ccsc2)CC1. The molecule has 0 spiro atoms. The molecule has 0 saturated carbocycles. The van der Waals surface area contributed by atoms with Crippen LogP contribution in [0.3, 0.4) is 0 Å². The van der Waals surface area contributed by atoms with E-state index >= 15 is 0 Å². The molecule has 2 aromatic rings. The van der Waals surface area contributed by atoms with E-state index in [-0.39, 0.29) is 4.90 Å². The Bertz CT molecular complexity index is 813. The number of nitrogens with zero attached hydrogens (tertiary/aromatic N) is 2. The summed E-state index contributed by atoms with van der Waals surface area (Å²) in [5, 5.41) is 4.07. The number of rotatable bonds is 5. The molecule has 1 aromatic heterocycles. The van der Waals surface area contributed by atoms with Crippen molar-refractivity contribution in [1.29, 1.82) is 0 Å². The molecule has 10 heteroatoms. The van der Waals surface area contributed by atoms with E-state index in [1.165, 1.54) is 9.87 Å². The molecule has 5 nitrogen and oxygen atoms in total. The van der Waals surface area contributed by atoms with Gasteiger partial charge in [0.25, 0.3) is 0 Å². The summed E-state index contributed by atoms with van der Waals surface area (Å²) >= 11 is 1.62. The van der Waals surface area contributed by atoms with Crippen molar-refractivity contribution in [3.8, 4) is 5.75 Å². The molecular formula is C16H17F3N2O3S2. The molecule has 0 unspecified atom stereocenters. The van der Waals surface area contributed by atoms with Gasteiger partial charge in [0.2, 0.25) is 10.0 Å². The first-order chi connectivity index (χ1) is 12.2. The summed E-state index contributed by atoms with van der Waals surface area (Å²) in [7, 11) is -3.74. The molecule has 1 aliphatic rings. The first-order valence-electron chi connectivity index (χ1n) is 7.83. The predicted molar refractivity (Wildman–Crippen MR) is 91.5 cm³/mol. The first-order valence-corrected chi connectivity index (χ1v) is 10.2. The Hall–Kier alpha value is -1.62. The van der Waals surface area contributed by atoms with Crippen LogP contribution in [0.5, 0.6) is 5.75 Å². The highest BCUT2D eigenvalue weighted by atomic mass is 32.2. The van der Waals surface area contributed by atoms with Crippen LogP contribution < -0.4 is 4.74 Å². The van der Waals surface area contributed by atoms with Gasteiger partial charge in [-0.3, -0.25) is 4.90 Å². The lowest BCUT2D eigenvalue weighted by Crippen LogP contribution is -2.48. The molecule has 2 heterocycles. The van der Waals surface area contributed by atoms with Crippen molar-refractivity contribution < 1.29 is 26.3 Å². The van der Waals surface area contributed by atoms with E-state index in [1.807, 2.05) is 11.4 Å². The first kappa shape index (κ1) is 19.2. The summed E-state index contributed by atoms with van der Waals surface area (Å²) in [6.45, 7) is 2.66. The number of thiophene rings is 1. The molecule has 142 valence electrons. The summed E-state index contributed by atoms with van der Waals surface area (Å²) < 4.78 is 67.0. The zero-order valence-electron chi connectivity index (χ0n) is 13.6. The van der Waals surface area contributed by atoms with E-state index in [4.69, 9.17) is 0 Å². The zero-order valence-corrected chi connectivity index (χ0v) is 15.3. The largest absolute Gasteiger partial charge is 0.573 e. The number of ether oxygens (including phenoxy) is 1. The highest BCUT2D eigenvalue weighted by Gasteiger charge is 2.32. The Labute approximate surface area is 153 Å². The molecule has 1 aliphatic heterocycles. The monoisotopic (exact) mass is 406 g/mol. The van der Waals surface area contributed by atoms with Crippen molar-refractivity contribution >= 4 is 21.4 Å². The third kappa shape index (κ3) is 4.76. The Morgan fingerprint density at radius 3 is 2.23 bits per heavy atom. The van der Waals surface area contributed by atoms with Gasteiger partial charge in [0.15, 0.2) is 0 Å². The molecule has 0 radical (unpaired) electrons. The fourth-order valence-corrected chi connectivity index (χ4v) is 4.81. The summed E-state index contributed by atoms with van der Waals surface area (Å²) in [6, 6.07) is 6.32. The Morgan fingerprint density at radius 2 is 1.69 bits per heavy atom. The molecular weight excluding hydrogens is 389 g/mol. The quantitative estimate of drug-likeness (QED) is 0.766. The van der Waals surface area contributed by atoms with Crippen LogP contribution in [0, 0.1) is 0 Å². The van der Waals surface area contributed by atoms with Crippen molar-refractivity contribution in [1.82, 2.24) is 9.21 Å². The van der Waals surface area contributed by atoms with Gasteiger partial charge in [0.05, 0.1) is 4.90 Å². The summed E-state index contributed by atoms with van der Waals surface area (Å²) in [4.78, 5) is 2.13. The molecule has 0 atom stereocenters. The fraction of sp³-hybridized carbons (Fsp3) is 0.375. The fourth-order valence-electron chi connectivity index (χ4n) is 2.73. The van der Waals surface area contributed by atoms with Crippen LogP contribution in [0.4, 0.5) is 13.2 Å². The van der Waals surface area contributed by atoms with Crippen molar-refractivity contribution in [2.45, 2.75) is 17.8 Å². The van der Waals surface area contributed by atoms with Crippen molar-refractivity contribution in [3.05, 3.63) is 46.7 Å². The van der Waals surface area contributed by atoms with E-state index in [0.29, 0.717) is 26.2 Å². The van der Waals surface area contributed by atoms with Crippen molar-refractivity contribution in [2.24, 2.45) is 0 Å². The predicted octanol–water partition coefficient (Wildman–Crippen LogP) is 3.15. The zero-order chi connectivity index (χ0) is 18.8. The molecule has 26 heavy (non-hydrogen) atoms. The number of hydrogen-bond acceptors (Lipinski definition) is 5. The Kier molecular flexibility index (Phi) is 5.56. The van der Waals surface area contributed by atoms with Gasteiger partial charge in [0, 0.05) is 32.7 Å². The molecule has 0 aliphatic carbocycles. The van der Waals surface area contributed by atoms with Crippen LogP contribution in [0.25, 0.3) is 0 Å². The summed E-state index contributed by atoms with van der Waals surface area (Å²) in [5.74, 6) is -0.447. The van der Waals surface area contributed by atoms with E-state index in [1.54, 1.807) is 11.3 Å². The minimum absolute atomic E-state index is 0.0432. The van der Waals surface area contributed by atoms with Crippen LogP contribution in [0.15, 0.2) is 46.0 Å². The molecule has 0 amide bonds. The lowest BCUT2D eigenvalue weighted by molar-refractivity contribution is -0.274. The van der Waals surface area contributed by atoms with E-state index in [2.05, 4.69) is 15.0 Å². The number of benzene rings is 1. The third-order valence-corrected chi connectivity index (χ3v) is 6.66. The maximum absolute atomic E-state index is 12.7. The lowest BCUT2D eigenvalue weighted by atomic mass is 10.3. The number of hydrogen-bond donors (Lipinski definition) is 0. The minimum Gasteiger partial charge on any atom is -0.406 e. The van der Waals surface area contributed by atoms with Gasteiger partial charge < -0.3 is 4.74 Å². The number of alkyl halides is 3. The standard InChI is InChI=1S/C16H17F3N2O3S2/c17-16(18,19)24-14-1-3-15(4-2-14)26(22,23)21-8-6-20(7-9-21)11-13-5-10-25-12-13/h1-5,10,12H,6-9,11H2. The van der Waals surface area contributed by atoms with Gasteiger partial charge in [0.1, 0.15) is 5.75 Å². The molecule has 0 bridgehead atoms. The summed E-state index contributed by atoms with van der Waals surface area (Å²) in [5.41, 5.74) is 1.20. The lowest BCUT2D eigenvalue weighted by Gasteiger charge is -2.33. The van der Waals surface area contributed by atoms with Gasteiger partial charge in [-0.2, -0.15) is 15.6 Å². The average molecular weight is 406 g/mol. The molecule has 1 saturated heterocycles. The highest BCUT2D eigenvalue weighted by molar-refractivity contribution is 7.89. The van der Waals surface area contributed by atoms with E-state index in [9.17, 15) is 21.6 Å². The van der Waals surface area contributed by atoms with Crippen LogP contribution in [-0.4, -0.2) is 50.2 Å². The second kappa shape index (κ2) is 7.55. The van der Waals surface area contributed by atoms with Crippen LogP contribution in [0.1, 0.15) is 5.56 Å². The second-order valence-electron chi connectivity index (χ2n) is 5.83. The number of halogens is 3. The van der Waals surface area contributed by atoms with Crippen molar-refractivity contribution in [3.63, 3.8) is 0 Å². The molecule has 1 aromatic carbocycles. The molecule has 0 N–H and O–H groups in total. The topological polar surface area (TPSA) is 49.9 Å². The van der Waals surface area contributed by atoms with Gasteiger partial charge in [-0.15, -0.1) is 13.2 Å². The maximum Gasteiger partial charge on any atom is 0.573 e. The van der Waals surface area contributed by atoms with Gasteiger partial charge in [-0.05, 0) is 46.7 Å². The Balaban J connectivity index is 1.62. The smallest absolute Gasteiger partial charge is 0.406 e. The molecule has 1 fully saturated rings.